The SMILES string of the molecule is CCCCC1CCC(C(=O)NCCCCC(N)=S)CC1. The smallest absolute Gasteiger partial charge is 0.223 e. The molecule has 1 aliphatic rings. The van der Waals surface area contributed by atoms with Crippen molar-refractivity contribution in [3.05, 3.63) is 0 Å². The second-order valence-electron chi connectivity index (χ2n) is 6.07. The first-order chi connectivity index (χ1) is 9.63. The van der Waals surface area contributed by atoms with Gasteiger partial charge in [0.1, 0.15) is 0 Å². The lowest BCUT2D eigenvalue weighted by Crippen LogP contribution is -2.33. The van der Waals surface area contributed by atoms with Gasteiger partial charge in [-0.1, -0.05) is 38.4 Å². The summed E-state index contributed by atoms with van der Waals surface area (Å²) in [7, 11) is 0. The third kappa shape index (κ3) is 7.22. The number of amides is 1. The molecule has 3 N–H and O–H groups in total. The van der Waals surface area contributed by atoms with E-state index in [1.165, 1.54) is 32.1 Å². The topological polar surface area (TPSA) is 55.1 Å². The Labute approximate surface area is 129 Å². The number of hydrogen-bond acceptors (Lipinski definition) is 2. The van der Waals surface area contributed by atoms with Crippen LogP contribution in [0.5, 0.6) is 0 Å². The fourth-order valence-electron chi connectivity index (χ4n) is 2.99. The minimum Gasteiger partial charge on any atom is -0.393 e. The van der Waals surface area contributed by atoms with Crippen molar-refractivity contribution in [1.82, 2.24) is 5.32 Å². The number of hydrogen-bond donors (Lipinski definition) is 2. The van der Waals surface area contributed by atoms with E-state index < -0.39 is 0 Å². The van der Waals surface area contributed by atoms with Gasteiger partial charge in [0, 0.05) is 12.5 Å². The third-order valence-corrected chi connectivity index (χ3v) is 4.54. The van der Waals surface area contributed by atoms with Crippen LogP contribution in [0.3, 0.4) is 0 Å². The Hall–Kier alpha value is -0.640. The number of unbranched alkanes of at least 4 members (excludes halogenated alkanes) is 2. The van der Waals surface area contributed by atoms with E-state index in [0.29, 0.717) is 4.99 Å². The molecule has 0 aromatic heterocycles. The lowest BCUT2D eigenvalue weighted by Gasteiger charge is -2.27. The van der Waals surface area contributed by atoms with E-state index in [1.807, 2.05) is 0 Å². The molecular weight excluding hydrogens is 268 g/mol. The lowest BCUT2D eigenvalue weighted by molar-refractivity contribution is -0.126. The first-order valence-electron chi connectivity index (χ1n) is 8.19. The van der Waals surface area contributed by atoms with Crippen LogP contribution in [-0.4, -0.2) is 17.4 Å². The van der Waals surface area contributed by atoms with Crippen LogP contribution in [0.4, 0.5) is 0 Å². The van der Waals surface area contributed by atoms with E-state index in [2.05, 4.69) is 12.2 Å². The molecule has 0 aromatic rings. The van der Waals surface area contributed by atoms with Crippen LogP contribution in [-0.2, 0) is 4.79 Å². The van der Waals surface area contributed by atoms with Gasteiger partial charge in [0.15, 0.2) is 0 Å². The van der Waals surface area contributed by atoms with Crippen LogP contribution in [0.15, 0.2) is 0 Å². The summed E-state index contributed by atoms with van der Waals surface area (Å²) in [5.41, 5.74) is 5.44. The Balaban J connectivity index is 2.08. The van der Waals surface area contributed by atoms with Gasteiger partial charge in [-0.15, -0.1) is 0 Å². The molecule has 0 radical (unpaired) electrons. The van der Waals surface area contributed by atoms with Crippen LogP contribution in [0.2, 0.25) is 0 Å². The summed E-state index contributed by atoms with van der Waals surface area (Å²) < 4.78 is 0. The Morgan fingerprint density at radius 1 is 1.20 bits per heavy atom. The van der Waals surface area contributed by atoms with E-state index in [0.717, 1.165) is 44.6 Å². The average Bonchev–Trinajstić information content (AvgIpc) is 2.44. The highest BCUT2D eigenvalue weighted by atomic mass is 32.1. The minimum absolute atomic E-state index is 0.253. The predicted molar refractivity (Wildman–Crippen MR) is 88.6 cm³/mol. The van der Waals surface area contributed by atoms with Gasteiger partial charge in [0.25, 0.3) is 0 Å². The molecule has 0 spiro atoms. The van der Waals surface area contributed by atoms with Crippen molar-refractivity contribution >= 4 is 23.1 Å². The first kappa shape index (κ1) is 17.4. The molecule has 1 rings (SSSR count). The Morgan fingerprint density at radius 2 is 1.90 bits per heavy atom. The lowest BCUT2D eigenvalue weighted by atomic mass is 9.79. The fourth-order valence-corrected chi connectivity index (χ4v) is 3.13. The number of thiocarbonyl (C=S) groups is 1. The second kappa shape index (κ2) is 10.1. The molecule has 20 heavy (non-hydrogen) atoms. The molecule has 4 heteroatoms. The van der Waals surface area contributed by atoms with Crippen molar-refractivity contribution in [2.45, 2.75) is 71.1 Å². The summed E-state index contributed by atoms with van der Waals surface area (Å²) in [6, 6.07) is 0. The highest BCUT2D eigenvalue weighted by Gasteiger charge is 2.25. The van der Waals surface area contributed by atoms with Gasteiger partial charge in [-0.25, -0.2) is 0 Å². The van der Waals surface area contributed by atoms with Gasteiger partial charge in [-0.05, 0) is 50.9 Å². The van der Waals surface area contributed by atoms with Crippen LogP contribution in [0, 0.1) is 11.8 Å². The number of rotatable bonds is 9. The fraction of sp³-hybridized carbons (Fsp3) is 0.875. The summed E-state index contributed by atoms with van der Waals surface area (Å²) in [5, 5.41) is 3.06. The molecule has 0 atom stereocenters. The standard InChI is InChI=1S/C16H30N2OS/c1-2-3-6-13-8-10-14(11-9-13)16(19)18-12-5-4-7-15(17)20/h13-14H,2-12H2,1H3,(H2,17,20)(H,18,19). The van der Waals surface area contributed by atoms with Crippen molar-refractivity contribution in [2.24, 2.45) is 17.6 Å². The Kier molecular flexibility index (Phi) is 8.83. The first-order valence-corrected chi connectivity index (χ1v) is 8.60. The molecule has 0 saturated heterocycles. The zero-order valence-corrected chi connectivity index (χ0v) is 13.6. The maximum atomic E-state index is 12.1. The van der Waals surface area contributed by atoms with E-state index in [9.17, 15) is 4.79 Å². The molecule has 0 aliphatic heterocycles. The summed E-state index contributed by atoms with van der Waals surface area (Å²) in [5.74, 6) is 1.38. The van der Waals surface area contributed by atoms with Crippen molar-refractivity contribution in [3.63, 3.8) is 0 Å². The summed E-state index contributed by atoms with van der Waals surface area (Å²) in [6.07, 6.45) is 11.3. The minimum atomic E-state index is 0.253. The van der Waals surface area contributed by atoms with Gasteiger partial charge in [-0.2, -0.15) is 0 Å². The number of carbonyl (C=O) groups excluding carboxylic acids is 1. The van der Waals surface area contributed by atoms with Gasteiger partial charge >= 0.3 is 0 Å². The highest BCUT2D eigenvalue weighted by molar-refractivity contribution is 7.80. The van der Waals surface area contributed by atoms with Crippen molar-refractivity contribution < 1.29 is 4.79 Å². The zero-order valence-electron chi connectivity index (χ0n) is 12.8. The number of carbonyl (C=O) groups is 1. The van der Waals surface area contributed by atoms with Gasteiger partial charge < -0.3 is 11.1 Å². The molecule has 0 bridgehead atoms. The second-order valence-corrected chi connectivity index (χ2v) is 6.60. The van der Waals surface area contributed by atoms with Crippen molar-refractivity contribution in [2.75, 3.05) is 6.54 Å². The largest absolute Gasteiger partial charge is 0.393 e. The molecule has 3 nitrogen and oxygen atoms in total. The molecule has 0 heterocycles. The van der Waals surface area contributed by atoms with Crippen molar-refractivity contribution in [1.29, 1.82) is 0 Å². The molecule has 0 aromatic carbocycles. The van der Waals surface area contributed by atoms with E-state index >= 15 is 0 Å². The molecule has 0 unspecified atom stereocenters. The summed E-state index contributed by atoms with van der Waals surface area (Å²) in [4.78, 5) is 12.6. The maximum absolute atomic E-state index is 12.1. The van der Waals surface area contributed by atoms with Crippen LogP contribution < -0.4 is 11.1 Å². The van der Waals surface area contributed by atoms with Gasteiger partial charge in [0.2, 0.25) is 5.91 Å². The normalized spacial score (nSPS) is 22.4. The summed E-state index contributed by atoms with van der Waals surface area (Å²) in [6.45, 7) is 3.01. The highest BCUT2D eigenvalue weighted by Crippen LogP contribution is 2.31. The Morgan fingerprint density at radius 3 is 2.50 bits per heavy atom. The summed E-state index contributed by atoms with van der Waals surface area (Å²) >= 11 is 4.83. The third-order valence-electron chi connectivity index (χ3n) is 4.33. The molecular formula is C16H30N2OS. The predicted octanol–water partition coefficient (Wildman–Crippen LogP) is 3.56. The maximum Gasteiger partial charge on any atom is 0.223 e. The Bertz CT molecular complexity index is 299. The van der Waals surface area contributed by atoms with E-state index in [4.69, 9.17) is 18.0 Å². The molecule has 1 fully saturated rings. The van der Waals surface area contributed by atoms with Crippen LogP contribution in [0.1, 0.15) is 71.1 Å². The van der Waals surface area contributed by atoms with Crippen LogP contribution in [0.25, 0.3) is 0 Å². The van der Waals surface area contributed by atoms with E-state index in [-0.39, 0.29) is 11.8 Å². The van der Waals surface area contributed by atoms with Crippen molar-refractivity contribution in [3.8, 4) is 0 Å². The molecule has 116 valence electrons. The number of nitrogens with one attached hydrogen (secondary N) is 1. The monoisotopic (exact) mass is 298 g/mol. The molecule has 1 aliphatic carbocycles. The van der Waals surface area contributed by atoms with Crippen LogP contribution >= 0.6 is 12.2 Å². The molecule has 1 amide bonds. The zero-order chi connectivity index (χ0) is 14.8. The van der Waals surface area contributed by atoms with Gasteiger partial charge in [-0.3, -0.25) is 4.79 Å². The van der Waals surface area contributed by atoms with E-state index in [1.54, 1.807) is 0 Å². The quantitative estimate of drug-likeness (QED) is 0.505. The average molecular weight is 298 g/mol. The molecule has 1 saturated carbocycles. The van der Waals surface area contributed by atoms with Gasteiger partial charge in [0.05, 0.1) is 4.99 Å². The number of nitrogens with two attached hydrogens (primary N) is 1.